The molecule has 0 fully saturated rings. The monoisotopic (exact) mass is 358 g/mol. The van der Waals surface area contributed by atoms with Gasteiger partial charge >= 0.3 is 5.91 Å². The van der Waals surface area contributed by atoms with Crippen LogP contribution in [0.15, 0.2) is 90.0 Å². The molecule has 0 spiro atoms. The topological polar surface area (TPSA) is 67.8 Å². The highest BCUT2D eigenvalue weighted by Crippen LogP contribution is 2.12. The Labute approximate surface area is 157 Å². The summed E-state index contributed by atoms with van der Waals surface area (Å²) in [5.41, 5.74) is 4.89. The standard InChI is InChI=1S/C22H18N2O3/c1-27-19-14-12-18(13-15-19)21(25)22(26)24-23-20(16-8-4-2-5-9-16)17-10-6-3-7-11-17/h2-15H,1H3,(H,24,26). The second kappa shape index (κ2) is 8.58. The number of nitrogens with one attached hydrogen (secondary N) is 1. The number of methoxy groups -OCH3 is 1. The normalized spacial score (nSPS) is 9.96. The van der Waals surface area contributed by atoms with Gasteiger partial charge in [0.2, 0.25) is 0 Å². The van der Waals surface area contributed by atoms with Gasteiger partial charge in [-0.25, -0.2) is 5.43 Å². The number of hydrogen-bond donors (Lipinski definition) is 1. The van der Waals surface area contributed by atoms with Crippen molar-refractivity contribution >= 4 is 17.4 Å². The lowest BCUT2D eigenvalue weighted by atomic mass is 10.0. The summed E-state index contributed by atoms with van der Waals surface area (Å²) in [5, 5.41) is 4.22. The number of carbonyl (C=O) groups excluding carboxylic acids is 2. The highest BCUT2D eigenvalue weighted by atomic mass is 16.5. The molecule has 0 aromatic heterocycles. The van der Waals surface area contributed by atoms with Crippen molar-refractivity contribution in [3.8, 4) is 5.75 Å². The van der Waals surface area contributed by atoms with E-state index in [0.717, 1.165) is 11.1 Å². The molecule has 0 radical (unpaired) electrons. The maximum Gasteiger partial charge on any atom is 0.312 e. The number of nitrogens with zero attached hydrogens (tertiary/aromatic N) is 1. The Hall–Kier alpha value is -3.73. The number of carbonyl (C=O) groups is 2. The molecule has 0 aliphatic rings. The molecule has 0 saturated carbocycles. The van der Waals surface area contributed by atoms with Gasteiger partial charge in [-0.2, -0.15) is 5.10 Å². The second-order valence-electron chi connectivity index (χ2n) is 5.69. The Bertz CT molecular complexity index is 908. The van der Waals surface area contributed by atoms with E-state index < -0.39 is 11.7 Å². The van der Waals surface area contributed by atoms with Gasteiger partial charge in [-0.3, -0.25) is 9.59 Å². The smallest absolute Gasteiger partial charge is 0.312 e. The van der Waals surface area contributed by atoms with Crippen molar-refractivity contribution in [1.29, 1.82) is 0 Å². The molecular formula is C22H18N2O3. The van der Waals surface area contributed by atoms with Crippen LogP contribution in [-0.4, -0.2) is 24.5 Å². The molecule has 0 heterocycles. The molecule has 1 amide bonds. The Balaban J connectivity index is 1.83. The SMILES string of the molecule is COc1ccc(C(=O)C(=O)NN=C(c2ccccc2)c2ccccc2)cc1. The van der Waals surface area contributed by atoms with Crippen LogP contribution >= 0.6 is 0 Å². The summed E-state index contributed by atoms with van der Waals surface area (Å²) in [6.07, 6.45) is 0. The second-order valence-corrected chi connectivity index (χ2v) is 5.69. The van der Waals surface area contributed by atoms with Crippen LogP contribution in [0.5, 0.6) is 5.75 Å². The average Bonchev–Trinajstić information content (AvgIpc) is 2.75. The lowest BCUT2D eigenvalue weighted by molar-refractivity contribution is -0.116. The first kappa shape index (κ1) is 18.1. The molecule has 5 nitrogen and oxygen atoms in total. The lowest BCUT2D eigenvalue weighted by Crippen LogP contribution is -2.28. The highest BCUT2D eigenvalue weighted by molar-refractivity contribution is 6.42. The van der Waals surface area contributed by atoms with E-state index >= 15 is 0 Å². The van der Waals surface area contributed by atoms with Crippen LogP contribution in [0.25, 0.3) is 0 Å². The van der Waals surface area contributed by atoms with Crippen molar-refractivity contribution in [3.63, 3.8) is 0 Å². The van der Waals surface area contributed by atoms with Crippen molar-refractivity contribution in [2.24, 2.45) is 5.10 Å². The third-order valence-electron chi connectivity index (χ3n) is 3.92. The molecule has 0 bridgehead atoms. The number of amides is 1. The number of benzene rings is 3. The summed E-state index contributed by atoms with van der Waals surface area (Å²) >= 11 is 0. The van der Waals surface area contributed by atoms with Crippen LogP contribution in [0, 0.1) is 0 Å². The first-order valence-electron chi connectivity index (χ1n) is 8.36. The van der Waals surface area contributed by atoms with Gasteiger partial charge in [0.1, 0.15) is 5.75 Å². The zero-order chi connectivity index (χ0) is 19.1. The van der Waals surface area contributed by atoms with Gasteiger partial charge in [0.05, 0.1) is 12.8 Å². The number of hydrazone groups is 1. The van der Waals surface area contributed by atoms with Gasteiger partial charge in [0.15, 0.2) is 0 Å². The molecular weight excluding hydrogens is 340 g/mol. The Morgan fingerprint density at radius 3 is 1.74 bits per heavy atom. The number of hydrogen-bond acceptors (Lipinski definition) is 4. The van der Waals surface area contributed by atoms with Crippen LogP contribution in [0.3, 0.4) is 0 Å². The highest BCUT2D eigenvalue weighted by Gasteiger charge is 2.16. The summed E-state index contributed by atoms with van der Waals surface area (Å²) in [7, 11) is 1.53. The fourth-order valence-corrected chi connectivity index (χ4v) is 2.52. The zero-order valence-electron chi connectivity index (χ0n) is 14.8. The van der Waals surface area contributed by atoms with E-state index in [1.165, 1.54) is 7.11 Å². The number of ether oxygens (including phenoxy) is 1. The van der Waals surface area contributed by atoms with E-state index in [-0.39, 0.29) is 5.56 Å². The lowest BCUT2D eigenvalue weighted by Gasteiger charge is -2.08. The molecule has 1 N–H and O–H groups in total. The van der Waals surface area contributed by atoms with Crippen LogP contribution < -0.4 is 10.2 Å². The van der Waals surface area contributed by atoms with E-state index in [1.807, 2.05) is 60.7 Å². The number of ketones is 1. The van der Waals surface area contributed by atoms with E-state index in [4.69, 9.17) is 4.74 Å². The van der Waals surface area contributed by atoms with Gasteiger partial charge in [0, 0.05) is 16.7 Å². The summed E-state index contributed by atoms with van der Waals surface area (Å²) in [6, 6.07) is 25.3. The minimum absolute atomic E-state index is 0.268. The molecule has 5 heteroatoms. The Kier molecular flexibility index (Phi) is 5.74. The first-order valence-corrected chi connectivity index (χ1v) is 8.36. The zero-order valence-corrected chi connectivity index (χ0v) is 14.8. The fraction of sp³-hybridized carbons (Fsp3) is 0.0455. The predicted molar refractivity (Wildman–Crippen MR) is 104 cm³/mol. The van der Waals surface area contributed by atoms with Gasteiger partial charge < -0.3 is 4.74 Å². The van der Waals surface area contributed by atoms with Crippen LogP contribution in [0.2, 0.25) is 0 Å². The van der Waals surface area contributed by atoms with E-state index in [0.29, 0.717) is 11.5 Å². The minimum atomic E-state index is -0.801. The van der Waals surface area contributed by atoms with E-state index in [1.54, 1.807) is 24.3 Å². The van der Waals surface area contributed by atoms with Crippen molar-refractivity contribution in [3.05, 3.63) is 102 Å². The van der Waals surface area contributed by atoms with Crippen LogP contribution in [0.1, 0.15) is 21.5 Å². The quantitative estimate of drug-likeness (QED) is 0.318. The van der Waals surface area contributed by atoms with Crippen molar-refractivity contribution < 1.29 is 14.3 Å². The third-order valence-corrected chi connectivity index (χ3v) is 3.92. The summed E-state index contributed by atoms with van der Waals surface area (Å²) in [5.74, 6) is -0.855. The molecule has 0 unspecified atom stereocenters. The Morgan fingerprint density at radius 1 is 0.741 bits per heavy atom. The average molecular weight is 358 g/mol. The largest absolute Gasteiger partial charge is 0.497 e. The molecule has 3 rings (SSSR count). The van der Waals surface area contributed by atoms with E-state index in [2.05, 4.69) is 10.5 Å². The van der Waals surface area contributed by atoms with Crippen molar-refractivity contribution in [1.82, 2.24) is 5.43 Å². The van der Waals surface area contributed by atoms with Crippen molar-refractivity contribution in [2.45, 2.75) is 0 Å². The van der Waals surface area contributed by atoms with Gasteiger partial charge in [-0.15, -0.1) is 0 Å². The summed E-state index contributed by atoms with van der Waals surface area (Å²) in [6.45, 7) is 0. The maximum atomic E-state index is 12.3. The van der Waals surface area contributed by atoms with Crippen LogP contribution in [-0.2, 0) is 4.79 Å². The van der Waals surface area contributed by atoms with Crippen molar-refractivity contribution in [2.75, 3.05) is 7.11 Å². The third kappa shape index (κ3) is 4.46. The predicted octanol–water partition coefficient (Wildman–Crippen LogP) is 3.45. The fourth-order valence-electron chi connectivity index (χ4n) is 2.52. The molecule has 0 aliphatic heterocycles. The molecule has 0 saturated heterocycles. The van der Waals surface area contributed by atoms with Crippen LogP contribution in [0.4, 0.5) is 0 Å². The maximum absolute atomic E-state index is 12.3. The molecule has 134 valence electrons. The summed E-state index contributed by atoms with van der Waals surface area (Å²) in [4.78, 5) is 24.6. The molecule has 3 aromatic carbocycles. The van der Waals surface area contributed by atoms with Gasteiger partial charge in [0.25, 0.3) is 5.78 Å². The summed E-state index contributed by atoms with van der Waals surface area (Å²) < 4.78 is 5.05. The number of Topliss-reactive ketones (excluding diaryl/α,β-unsaturated/α-hetero) is 1. The Morgan fingerprint density at radius 2 is 1.26 bits per heavy atom. The minimum Gasteiger partial charge on any atom is -0.497 e. The molecule has 0 atom stereocenters. The van der Waals surface area contributed by atoms with Gasteiger partial charge in [-0.05, 0) is 24.3 Å². The van der Waals surface area contributed by atoms with E-state index in [9.17, 15) is 9.59 Å². The molecule has 27 heavy (non-hydrogen) atoms. The van der Waals surface area contributed by atoms with Gasteiger partial charge in [-0.1, -0.05) is 60.7 Å². The number of rotatable bonds is 6. The molecule has 3 aromatic rings. The molecule has 0 aliphatic carbocycles. The first-order chi connectivity index (χ1) is 13.2.